The molecule has 0 bridgehead atoms. The van der Waals surface area contributed by atoms with Gasteiger partial charge >= 0.3 is 0 Å². The van der Waals surface area contributed by atoms with Crippen LogP contribution in [-0.2, 0) is 0 Å². The summed E-state index contributed by atoms with van der Waals surface area (Å²) in [6.07, 6.45) is 0. The van der Waals surface area contributed by atoms with Crippen LogP contribution in [0.3, 0.4) is 0 Å². The molecule has 3 aromatic carbocycles. The van der Waals surface area contributed by atoms with Crippen LogP contribution in [0.25, 0.3) is 0 Å². The van der Waals surface area contributed by atoms with Gasteiger partial charge in [-0.05, 0) is 60.7 Å². The van der Waals surface area contributed by atoms with E-state index in [2.05, 4.69) is 6.07 Å². The van der Waals surface area contributed by atoms with Gasteiger partial charge in [0.1, 0.15) is 5.75 Å². The largest absolute Gasteiger partial charge is 0.497 e. The van der Waals surface area contributed by atoms with Gasteiger partial charge in [0.2, 0.25) is 0 Å². The van der Waals surface area contributed by atoms with Gasteiger partial charge in [0, 0.05) is 16.9 Å². The summed E-state index contributed by atoms with van der Waals surface area (Å²) in [5, 5.41) is 8.92. The van der Waals surface area contributed by atoms with Crippen molar-refractivity contribution >= 4 is 17.3 Å². The first-order valence-electron chi connectivity index (χ1n) is 7.76. The number of nitrogens with zero attached hydrogens (tertiary/aromatic N) is 2. The lowest BCUT2D eigenvalue weighted by Gasteiger charge is -2.23. The number of benzene rings is 3. The van der Waals surface area contributed by atoms with E-state index in [1.54, 1.807) is 36.3 Å². The summed E-state index contributed by atoms with van der Waals surface area (Å²) in [6, 6.07) is 25.4. The molecule has 3 aromatic rings. The number of nitriles is 1. The number of ether oxygens (including phenoxy) is 1. The second kappa shape index (κ2) is 7.33. The number of hydrogen-bond donors (Lipinski definition) is 0. The maximum absolute atomic E-state index is 13.1. The molecule has 0 aliphatic rings. The first-order valence-corrected chi connectivity index (χ1v) is 7.76. The van der Waals surface area contributed by atoms with E-state index in [1.165, 1.54) is 0 Å². The first kappa shape index (κ1) is 16.3. The Bertz CT molecular complexity index is 895. The predicted molar refractivity (Wildman–Crippen MR) is 97.1 cm³/mol. The minimum absolute atomic E-state index is 0.166. The van der Waals surface area contributed by atoms with E-state index in [-0.39, 0.29) is 5.91 Å². The van der Waals surface area contributed by atoms with Crippen molar-refractivity contribution in [1.29, 1.82) is 5.26 Å². The summed E-state index contributed by atoms with van der Waals surface area (Å²) >= 11 is 0. The Kier molecular flexibility index (Phi) is 4.77. The highest BCUT2D eigenvalue weighted by Gasteiger charge is 2.19. The van der Waals surface area contributed by atoms with Crippen molar-refractivity contribution in [3.05, 3.63) is 90.0 Å². The van der Waals surface area contributed by atoms with Crippen LogP contribution in [0.5, 0.6) is 5.75 Å². The van der Waals surface area contributed by atoms with Gasteiger partial charge in [-0.1, -0.05) is 18.2 Å². The van der Waals surface area contributed by atoms with E-state index >= 15 is 0 Å². The van der Waals surface area contributed by atoms with Gasteiger partial charge in [0.25, 0.3) is 5.91 Å². The maximum atomic E-state index is 13.1. The van der Waals surface area contributed by atoms with Crippen LogP contribution in [0.15, 0.2) is 78.9 Å². The van der Waals surface area contributed by atoms with Crippen LogP contribution in [0.4, 0.5) is 11.4 Å². The molecule has 0 heterocycles. The molecule has 0 saturated carbocycles. The number of methoxy groups -OCH3 is 1. The summed E-state index contributed by atoms with van der Waals surface area (Å²) in [5.41, 5.74) is 2.54. The smallest absolute Gasteiger partial charge is 0.262 e. The summed E-state index contributed by atoms with van der Waals surface area (Å²) in [7, 11) is 1.60. The topological polar surface area (TPSA) is 53.3 Å². The molecule has 0 aliphatic carbocycles. The predicted octanol–water partition coefficient (Wildman–Crippen LogP) is 4.55. The lowest BCUT2D eigenvalue weighted by Crippen LogP contribution is -2.25. The molecule has 0 fully saturated rings. The summed E-state index contributed by atoms with van der Waals surface area (Å²) in [5.74, 6) is 0.559. The maximum Gasteiger partial charge on any atom is 0.262 e. The third-order valence-corrected chi connectivity index (χ3v) is 3.81. The van der Waals surface area contributed by atoms with Crippen molar-refractivity contribution in [2.45, 2.75) is 0 Å². The molecular formula is C21H16N2O2. The third-order valence-electron chi connectivity index (χ3n) is 3.81. The molecule has 0 N–H and O–H groups in total. The fourth-order valence-corrected chi connectivity index (χ4v) is 2.51. The Labute approximate surface area is 146 Å². The average molecular weight is 328 g/mol. The Morgan fingerprint density at radius 3 is 2.04 bits per heavy atom. The number of para-hydroxylation sites is 1. The molecule has 0 unspecified atom stereocenters. The van der Waals surface area contributed by atoms with E-state index in [9.17, 15) is 4.79 Å². The molecule has 3 rings (SSSR count). The molecule has 122 valence electrons. The molecule has 25 heavy (non-hydrogen) atoms. The SMILES string of the molecule is COc1ccc(N(C(=O)c2ccc(C#N)cc2)c2ccccc2)cc1. The quantitative estimate of drug-likeness (QED) is 0.706. The third kappa shape index (κ3) is 3.51. The molecule has 0 radical (unpaired) electrons. The van der Waals surface area contributed by atoms with Gasteiger partial charge in [0.05, 0.1) is 18.7 Å². The Morgan fingerprint density at radius 2 is 1.48 bits per heavy atom. The summed E-state index contributed by atoms with van der Waals surface area (Å²) in [4.78, 5) is 14.8. The number of carbonyl (C=O) groups excluding carboxylic acids is 1. The molecule has 1 amide bonds. The van der Waals surface area contributed by atoms with Gasteiger partial charge in [-0.2, -0.15) is 5.26 Å². The zero-order valence-electron chi connectivity index (χ0n) is 13.7. The number of carbonyl (C=O) groups is 1. The fraction of sp³-hybridized carbons (Fsp3) is 0.0476. The minimum Gasteiger partial charge on any atom is -0.497 e. The van der Waals surface area contributed by atoms with Crippen LogP contribution in [0, 0.1) is 11.3 Å². The molecule has 4 nitrogen and oxygen atoms in total. The molecule has 0 aliphatic heterocycles. The van der Waals surface area contributed by atoms with E-state index in [0.717, 1.165) is 17.1 Å². The monoisotopic (exact) mass is 328 g/mol. The van der Waals surface area contributed by atoms with Crippen molar-refractivity contribution in [2.24, 2.45) is 0 Å². The van der Waals surface area contributed by atoms with E-state index in [4.69, 9.17) is 10.00 Å². The molecule has 4 heteroatoms. The van der Waals surface area contributed by atoms with Gasteiger partial charge < -0.3 is 4.74 Å². The molecule has 0 atom stereocenters. The van der Waals surface area contributed by atoms with Crippen molar-refractivity contribution in [3.8, 4) is 11.8 Å². The highest BCUT2D eigenvalue weighted by molar-refractivity contribution is 6.10. The van der Waals surface area contributed by atoms with Crippen LogP contribution >= 0.6 is 0 Å². The van der Waals surface area contributed by atoms with Crippen LogP contribution in [0.1, 0.15) is 15.9 Å². The number of hydrogen-bond acceptors (Lipinski definition) is 3. The lowest BCUT2D eigenvalue weighted by molar-refractivity contribution is 0.0999. The average Bonchev–Trinajstić information content (AvgIpc) is 2.69. The second-order valence-electron chi connectivity index (χ2n) is 5.36. The molecule has 0 spiro atoms. The number of rotatable bonds is 4. The van der Waals surface area contributed by atoms with Gasteiger partial charge in [-0.15, -0.1) is 0 Å². The van der Waals surface area contributed by atoms with E-state index in [1.807, 2.05) is 54.6 Å². The van der Waals surface area contributed by atoms with Gasteiger partial charge in [-0.3, -0.25) is 9.69 Å². The van der Waals surface area contributed by atoms with Crippen molar-refractivity contribution in [1.82, 2.24) is 0 Å². The molecule has 0 aromatic heterocycles. The number of anilines is 2. The van der Waals surface area contributed by atoms with Gasteiger partial charge in [0.15, 0.2) is 0 Å². The van der Waals surface area contributed by atoms with E-state index < -0.39 is 0 Å². The van der Waals surface area contributed by atoms with Crippen molar-refractivity contribution in [3.63, 3.8) is 0 Å². The number of amides is 1. The summed E-state index contributed by atoms with van der Waals surface area (Å²) < 4.78 is 5.19. The highest BCUT2D eigenvalue weighted by atomic mass is 16.5. The van der Waals surface area contributed by atoms with Crippen molar-refractivity contribution < 1.29 is 9.53 Å². The second-order valence-corrected chi connectivity index (χ2v) is 5.36. The highest BCUT2D eigenvalue weighted by Crippen LogP contribution is 2.29. The normalized spacial score (nSPS) is 9.92. The van der Waals surface area contributed by atoms with Crippen molar-refractivity contribution in [2.75, 3.05) is 12.0 Å². The first-order chi connectivity index (χ1) is 12.2. The van der Waals surface area contributed by atoms with Crippen LogP contribution in [-0.4, -0.2) is 13.0 Å². The lowest BCUT2D eigenvalue weighted by atomic mass is 10.1. The summed E-state index contributed by atoms with van der Waals surface area (Å²) in [6.45, 7) is 0. The zero-order chi connectivity index (χ0) is 17.6. The fourth-order valence-electron chi connectivity index (χ4n) is 2.51. The van der Waals surface area contributed by atoms with Gasteiger partial charge in [-0.25, -0.2) is 0 Å². The van der Waals surface area contributed by atoms with E-state index in [0.29, 0.717) is 11.1 Å². The minimum atomic E-state index is -0.166. The molecule has 0 saturated heterocycles. The Hall–Kier alpha value is -3.58. The molecular weight excluding hydrogens is 312 g/mol. The Balaban J connectivity index is 2.03. The van der Waals surface area contributed by atoms with Crippen LogP contribution < -0.4 is 9.64 Å². The Morgan fingerprint density at radius 1 is 0.880 bits per heavy atom. The van der Waals surface area contributed by atoms with Crippen LogP contribution in [0.2, 0.25) is 0 Å². The zero-order valence-corrected chi connectivity index (χ0v) is 13.7. The standard InChI is InChI=1S/C21H16N2O2/c1-25-20-13-11-19(12-14-20)23(18-5-3-2-4-6-18)21(24)17-9-7-16(15-22)8-10-17/h2-14H,1H3.